The van der Waals surface area contributed by atoms with Crippen molar-refractivity contribution >= 4 is 29.9 Å². The maximum absolute atomic E-state index is 5.49. The standard InChI is InChI=1S/C20H37N5O.HI/c1-5-16(6-2)19-13-18(26-24-19)15-23-20(21-8-4)22-14-17(7-3)25-11-9-10-12-25;/h13,16-17H,5-12,14-15H2,1-4H3,(H2,21,22,23);1H. The third-order valence-electron chi connectivity index (χ3n) is 5.35. The number of nitrogens with one attached hydrogen (secondary N) is 2. The summed E-state index contributed by atoms with van der Waals surface area (Å²) < 4.78 is 5.49. The normalized spacial score (nSPS) is 16.4. The van der Waals surface area contributed by atoms with Gasteiger partial charge in [0, 0.05) is 31.1 Å². The lowest BCUT2D eigenvalue weighted by Crippen LogP contribution is -2.46. The average molecular weight is 491 g/mol. The number of aliphatic imine (C=N–C) groups is 1. The van der Waals surface area contributed by atoms with Crippen LogP contribution in [-0.2, 0) is 6.54 Å². The zero-order chi connectivity index (χ0) is 18.8. The lowest BCUT2D eigenvalue weighted by atomic mass is 9.99. The SMILES string of the molecule is CCNC(=NCc1cc(C(CC)CC)no1)NCC(CC)N1CCCC1.I. The highest BCUT2D eigenvalue weighted by Crippen LogP contribution is 2.22. The van der Waals surface area contributed by atoms with Crippen LogP contribution in [0, 0.1) is 0 Å². The molecule has 2 heterocycles. The van der Waals surface area contributed by atoms with Gasteiger partial charge < -0.3 is 15.2 Å². The number of nitrogens with zero attached hydrogens (tertiary/aromatic N) is 3. The number of guanidine groups is 1. The summed E-state index contributed by atoms with van der Waals surface area (Å²) in [5.74, 6) is 2.16. The third kappa shape index (κ3) is 7.60. The lowest BCUT2D eigenvalue weighted by Gasteiger charge is -2.27. The maximum Gasteiger partial charge on any atom is 0.191 e. The van der Waals surface area contributed by atoms with Gasteiger partial charge >= 0.3 is 0 Å². The Morgan fingerprint density at radius 3 is 2.44 bits per heavy atom. The first-order chi connectivity index (χ1) is 12.7. The van der Waals surface area contributed by atoms with E-state index in [2.05, 4.69) is 59.4 Å². The van der Waals surface area contributed by atoms with E-state index in [4.69, 9.17) is 4.52 Å². The zero-order valence-corrected chi connectivity index (χ0v) is 19.8. The Morgan fingerprint density at radius 2 is 1.85 bits per heavy atom. The van der Waals surface area contributed by atoms with Gasteiger partial charge in [-0.05, 0) is 52.1 Å². The van der Waals surface area contributed by atoms with Gasteiger partial charge in [-0.2, -0.15) is 0 Å². The van der Waals surface area contributed by atoms with Crippen LogP contribution in [-0.4, -0.2) is 48.2 Å². The highest BCUT2D eigenvalue weighted by Gasteiger charge is 2.20. The summed E-state index contributed by atoms with van der Waals surface area (Å²) in [6.45, 7) is 13.5. The summed E-state index contributed by atoms with van der Waals surface area (Å²) in [5, 5.41) is 11.1. The second-order valence-corrected chi connectivity index (χ2v) is 7.11. The summed E-state index contributed by atoms with van der Waals surface area (Å²) in [6, 6.07) is 2.64. The number of hydrogen-bond donors (Lipinski definition) is 2. The van der Waals surface area contributed by atoms with Crippen LogP contribution in [0.15, 0.2) is 15.6 Å². The summed E-state index contributed by atoms with van der Waals surface area (Å²) in [7, 11) is 0. The van der Waals surface area contributed by atoms with E-state index >= 15 is 0 Å². The highest BCUT2D eigenvalue weighted by atomic mass is 127. The summed E-state index contributed by atoms with van der Waals surface area (Å²) in [6.07, 6.45) is 5.99. The molecule has 1 fully saturated rings. The van der Waals surface area contributed by atoms with Gasteiger partial charge in [0.25, 0.3) is 0 Å². The molecule has 0 radical (unpaired) electrons. The van der Waals surface area contributed by atoms with Crippen LogP contribution in [0.5, 0.6) is 0 Å². The summed E-state index contributed by atoms with van der Waals surface area (Å²) in [4.78, 5) is 7.28. The number of halogens is 1. The molecule has 1 aromatic heterocycles. The molecule has 0 amide bonds. The van der Waals surface area contributed by atoms with Crippen LogP contribution in [0.1, 0.15) is 77.2 Å². The minimum absolute atomic E-state index is 0. The molecule has 27 heavy (non-hydrogen) atoms. The van der Waals surface area contributed by atoms with Gasteiger partial charge in [0.15, 0.2) is 11.7 Å². The molecule has 0 spiro atoms. The Kier molecular flexibility index (Phi) is 12.0. The molecule has 1 aliphatic rings. The molecule has 1 saturated heterocycles. The monoisotopic (exact) mass is 491 g/mol. The number of rotatable bonds is 10. The Hall–Kier alpha value is -0.830. The molecule has 6 nitrogen and oxygen atoms in total. The molecule has 0 aromatic carbocycles. The van der Waals surface area contributed by atoms with Crippen LogP contribution < -0.4 is 10.6 Å². The van der Waals surface area contributed by atoms with Crippen molar-refractivity contribution in [2.45, 2.75) is 78.3 Å². The fourth-order valence-corrected chi connectivity index (χ4v) is 3.65. The molecule has 1 aromatic rings. The molecule has 1 aliphatic heterocycles. The van der Waals surface area contributed by atoms with Crippen molar-refractivity contribution in [1.82, 2.24) is 20.7 Å². The Morgan fingerprint density at radius 1 is 1.15 bits per heavy atom. The summed E-state index contributed by atoms with van der Waals surface area (Å²) in [5.41, 5.74) is 1.05. The molecule has 7 heteroatoms. The fraction of sp³-hybridized carbons (Fsp3) is 0.800. The molecule has 1 atom stereocenters. The van der Waals surface area contributed by atoms with Crippen molar-refractivity contribution in [1.29, 1.82) is 0 Å². The Bertz CT molecular complexity index is 538. The zero-order valence-electron chi connectivity index (χ0n) is 17.5. The van der Waals surface area contributed by atoms with Crippen LogP contribution >= 0.6 is 24.0 Å². The lowest BCUT2D eigenvalue weighted by molar-refractivity contribution is 0.236. The van der Waals surface area contributed by atoms with Crippen LogP contribution in [0.3, 0.4) is 0 Å². The molecule has 156 valence electrons. The fourth-order valence-electron chi connectivity index (χ4n) is 3.65. The van der Waals surface area contributed by atoms with Crippen LogP contribution in [0.4, 0.5) is 0 Å². The molecular formula is C20H38IN5O. The van der Waals surface area contributed by atoms with E-state index in [-0.39, 0.29) is 24.0 Å². The number of hydrogen-bond acceptors (Lipinski definition) is 4. The van der Waals surface area contributed by atoms with E-state index in [1.807, 2.05) is 0 Å². The van der Waals surface area contributed by atoms with Crippen LogP contribution in [0.2, 0.25) is 0 Å². The van der Waals surface area contributed by atoms with E-state index < -0.39 is 0 Å². The number of likely N-dealkylation sites (tertiary alicyclic amines) is 1. The Balaban J connectivity index is 0.00000364. The van der Waals surface area contributed by atoms with Gasteiger partial charge in [-0.1, -0.05) is 25.9 Å². The number of aromatic nitrogens is 1. The van der Waals surface area contributed by atoms with Gasteiger partial charge in [0.05, 0.1) is 5.69 Å². The van der Waals surface area contributed by atoms with Crippen molar-refractivity contribution in [2.24, 2.45) is 4.99 Å². The molecule has 0 bridgehead atoms. The first-order valence-corrected chi connectivity index (χ1v) is 10.4. The molecule has 2 N–H and O–H groups in total. The minimum atomic E-state index is 0. The molecule has 0 aliphatic carbocycles. The Labute approximate surface area is 181 Å². The summed E-state index contributed by atoms with van der Waals surface area (Å²) >= 11 is 0. The van der Waals surface area contributed by atoms with Crippen LogP contribution in [0.25, 0.3) is 0 Å². The van der Waals surface area contributed by atoms with Gasteiger partial charge in [0.2, 0.25) is 0 Å². The first kappa shape index (κ1) is 24.2. The molecule has 2 rings (SSSR count). The predicted octanol–water partition coefficient (Wildman–Crippen LogP) is 4.13. The van der Waals surface area contributed by atoms with Crippen molar-refractivity contribution in [2.75, 3.05) is 26.2 Å². The first-order valence-electron chi connectivity index (χ1n) is 10.4. The second-order valence-electron chi connectivity index (χ2n) is 7.11. The topological polar surface area (TPSA) is 65.7 Å². The smallest absolute Gasteiger partial charge is 0.191 e. The second kappa shape index (κ2) is 13.4. The van der Waals surface area contributed by atoms with Crippen molar-refractivity contribution in [3.05, 3.63) is 17.5 Å². The highest BCUT2D eigenvalue weighted by molar-refractivity contribution is 14.0. The largest absolute Gasteiger partial charge is 0.359 e. The van der Waals surface area contributed by atoms with E-state index in [0.717, 1.165) is 49.8 Å². The minimum Gasteiger partial charge on any atom is -0.359 e. The third-order valence-corrected chi connectivity index (χ3v) is 5.35. The molecule has 0 saturated carbocycles. The van der Waals surface area contributed by atoms with Crippen molar-refractivity contribution in [3.8, 4) is 0 Å². The molecular weight excluding hydrogens is 453 g/mol. The van der Waals surface area contributed by atoms with E-state index in [1.54, 1.807) is 0 Å². The average Bonchev–Trinajstić information content (AvgIpc) is 3.33. The van der Waals surface area contributed by atoms with Crippen molar-refractivity contribution in [3.63, 3.8) is 0 Å². The molecule has 1 unspecified atom stereocenters. The van der Waals surface area contributed by atoms with Gasteiger partial charge in [0.1, 0.15) is 6.54 Å². The predicted molar refractivity (Wildman–Crippen MR) is 123 cm³/mol. The van der Waals surface area contributed by atoms with E-state index in [0.29, 0.717) is 18.5 Å². The van der Waals surface area contributed by atoms with E-state index in [1.165, 1.54) is 25.9 Å². The van der Waals surface area contributed by atoms with Gasteiger partial charge in [-0.25, -0.2) is 4.99 Å². The van der Waals surface area contributed by atoms with Gasteiger partial charge in [-0.3, -0.25) is 4.90 Å². The maximum atomic E-state index is 5.49. The quantitative estimate of drug-likeness (QED) is 0.293. The van der Waals surface area contributed by atoms with E-state index in [9.17, 15) is 0 Å². The van der Waals surface area contributed by atoms with Gasteiger partial charge in [-0.15, -0.1) is 24.0 Å². The van der Waals surface area contributed by atoms with Crippen molar-refractivity contribution < 1.29 is 4.52 Å².